The van der Waals surface area contributed by atoms with E-state index in [-0.39, 0.29) is 11.7 Å². The van der Waals surface area contributed by atoms with Crippen LogP contribution in [0.1, 0.15) is 19.3 Å². The molecule has 0 N–H and O–H groups in total. The summed E-state index contributed by atoms with van der Waals surface area (Å²) < 4.78 is 12.0. The molecule has 1 atom stereocenters. The molecule has 1 aromatic rings. The molecule has 0 bridgehead atoms. The van der Waals surface area contributed by atoms with Gasteiger partial charge in [0.05, 0.1) is 10.8 Å². The van der Waals surface area contributed by atoms with Crippen molar-refractivity contribution in [3.8, 4) is 0 Å². The van der Waals surface area contributed by atoms with Crippen molar-refractivity contribution in [2.45, 2.75) is 24.2 Å². The maximum absolute atomic E-state index is 12.0. The molecule has 5 heteroatoms. The molecule has 2 rings (SSSR count). The van der Waals surface area contributed by atoms with E-state index in [1.807, 2.05) is 4.90 Å². The van der Waals surface area contributed by atoms with Crippen molar-refractivity contribution in [1.29, 1.82) is 0 Å². The summed E-state index contributed by atoms with van der Waals surface area (Å²) in [6.45, 7) is 1.60. The number of hydrogen-bond donors (Lipinski definition) is 0. The fourth-order valence-corrected chi connectivity index (χ4v) is 3.16. The average Bonchev–Trinajstić information content (AvgIpc) is 2.40. The number of halogens is 1. The van der Waals surface area contributed by atoms with Crippen LogP contribution in [0.25, 0.3) is 0 Å². The minimum Gasteiger partial charge on any atom is -0.342 e. The smallest absolute Gasteiger partial charge is 0.235 e. The highest BCUT2D eigenvalue weighted by atomic mass is 35.5. The molecule has 1 saturated heterocycles. The molecule has 1 amide bonds. The Balaban J connectivity index is 1.94. The van der Waals surface area contributed by atoms with Gasteiger partial charge in [-0.3, -0.25) is 9.00 Å². The molecular weight excluding hydrogens is 270 g/mol. The molecule has 3 nitrogen and oxygen atoms in total. The molecule has 98 valence electrons. The minimum atomic E-state index is -1.27. The van der Waals surface area contributed by atoms with Gasteiger partial charge in [-0.05, 0) is 43.5 Å². The number of piperidine rings is 1. The average molecular weight is 286 g/mol. The van der Waals surface area contributed by atoms with Gasteiger partial charge in [0.15, 0.2) is 0 Å². The zero-order chi connectivity index (χ0) is 13.0. The quantitative estimate of drug-likeness (QED) is 0.855. The van der Waals surface area contributed by atoms with Gasteiger partial charge >= 0.3 is 0 Å². The minimum absolute atomic E-state index is 0.0111. The number of benzene rings is 1. The third kappa shape index (κ3) is 3.56. The van der Waals surface area contributed by atoms with Crippen molar-refractivity contribution in [1.82, 2.24) is 4.90 Å². The highest BCUT2D eigenvalue weighted by Crippen LogP contribution is 2.14. The molecule has 1 unspecified atom stereocenters. The lowest BCUT2D eigenvalue weighted by molar-refractivity contribution is -0.129. The molecular formula is C13H16ClNO2S. The summed E-state index contributed by atoms with van der Waals surface area (Å²) >= 11 is 5.77. The van der Waals surface area contributed by atoms with Crippen molar-refractivity contribution in [2.75, 3.05) is 18.8 Å². The summed E-state index contributed by atoms with van der Waals surface area (Å²) in [4.78, 5) is 14.4. The van der Waals surface area contributed by atoms with Gasteiger partial charge in [0.25, 0.3) is 0 Å². The lowest BCUT2D eigenvalue weighted by Gasteiger charge is -2.26. The summed E-state index contributed by atoms with van der Waals surface area (Å²) in [6, 6.07) is 6.81. The Morgan fingerprint density at radius 3 is 2.39 bits per heavy atom. The zero-order valence-corrected chi connectivity index (χ0v) is 11.7. The lowest BCUT2D eigenvalue weighted by atomic mass is 10.1. The number of carbonyl (C=O) groups is 1. The normalized spacial score (nSPS) is 17.5. The first-order valence-corrected chi connectivity index (χ1v) is 7.78. The first-order chi connectivity index (χ1) is 8.66. The van der Waals surface area contributed by atoms with Gasteiger partial charge in [0, 0.05) is 23.0 Å². The number of amides is 1. The molecule has 0 spiro atoms. The summed E-state index contributed by atoms with van der Waals surface area (Å²) in [5.41, 5.74) is 0. The van der Waals surface area contributed by atoms with Crippen molar-refractivity contribution in [3.63, 3.8) is 0 Å². The maximum Gasteiger partial charge on any atom is 0.235 e. The standard InChI is InChI=1S/C13H16ClNO2S/c14-11-4-6-12(7-5-11)18(17)10-13(16)15-8-2-1-3-9-15/h4-7H,1-3,8-10H2. The predicted molar refractivity (Wildman–Crippen MR) is 73.2 cm³/mol. The second-order valence-electron chi connectivity index (χ2n) is 4.39. The SMILES string of the molecule is O=C(CS(=O)c1ccc(Cl)cc1)N1CCCCC1. The number of hydrogen-bond acceptors (Lipinski definition) is 2. The largest absolute Gasteiger partial charge is 0.342 e. The van der Waals surface area contributed by atoms with Gasteiger partial charge in [0.1, 0.15) is 5.75 Å². The van der Waals surface area contributed by atoms with E-state index >= 15 is 0 Å². The number of carbonyl (C=O) groups excluding carboxylic acids is 1. The van der Waals surface area contributed by atoms with Gasteiger partial charge in [-0.2, -0.15) is 0 Å². The molecule has 1 heterocycles. The van der Waals surface area contributed by atoms with E-state index in [9.17, 15) is 9.00 Å². The maximum atomic E-state index is 12.0. The van der Waals surface area contributed by atoms with Crippen LogP contribution in [0, 0.1) is 0 Å². The highest BCUT2D eigenvalue weighted by molar-refractivity contribution is 7.85. The van der Waals surface area contributed by atoms with Gasteiger partial charge in [-0.15, -0.1) is 0 Å². The molecule has 1 aliphatic rings. The van der Waals surface area contributed by atoms with Crippen molar-refractivity contribution in [2.24, 2.45) is 0 Å². The summed E-state index contributed by atoms with van der Waals surface area (Å²) in [5, 5.41) is 0.609. The van der Waals surface area contributed by atoms with E-state index in [4.69, 9.17) is 11.6 Å². The topological polar surface area (TPSA) is 37.4 Å². The van der Waals surface area contributed by atoms with Gasteiger partial charge in [-0.1, -0.05) is 11.6 Å². The van der Waals surface area contributed by atoms with E-state index in [1.165, 1.54) is 6.42 Å². The summed E-state index contributed by atoms with van der Waals surface area (Å²) in [5.74, 6) is 0.0599. The second kappa shape index (κ2) is 6.34. The third-order valence-electron chi connectivity index (χ3n) is 3.04. The van der Waals surface area contributed by atoms with Crippen molar-refractivity contribution >= 4 is 28.3 Å². The Bertz CT molecular complexity index is 441. The van der Waals surface area contributed by atoms with Gasteiger partial charge < -0.3 is 4.90 Å². The van der Waals surface area contributed by atoms with E-state index in [0.29, 0.717) is 9.92 Å². The Morgan fingerprint density at radius 2 is 1.78 bits per heavy atom. The van der Waals surface area contributed by atoms with E-state index in [0.717, 1.165) is 25.9 Å². The Labute approximate surface area is 115 Å². The Hall–Kier alpha value is -0.870. The molecule has 1 aromatic carbocycles. The van der Waals surface area contributed by atoms with Crippen LogP contribution in [0.4, 0.5) is 0 Å². The molecule has 1 aliphatic heterocycles. The molecule has 0 aromatic heterocycles. The lowest BCUT2D eigenvalue weighted by Crippen LogP contribution is -2.38. The monoisotopic (exact) mass is 285 g/mol. The van der Waals surface area contributed by atoms with Crippen molar-refractivity contribution < 1.29 is 9.00 Å². The van der Waals surface area contributed by atoms with Crippen LogP contribution in [-0.2, 0) is 15.6 Å². The zero-order valence-electron chi connectivity index (χ0n) is 10.1. The van der Waals surface area contributed by atoms with Gasteiger partial charge in [0.2, 0.25) is 5.91 Å². The van der Waals surface area contributed by atoms with Crippen LogP contribution in [0.3, 0.4) is 0 Å². The highest BCUT2D eigenvalue weighted by Gasteiger charge is 2.19. The Kier molecular flexibility index (Phi) is 4.78. The van der Waals surface area contributed by atoms with Crippen molar-refractivity contribution in [3.05, 3.63) is 29.3 Å². The molecule has 0 radical (unpaired) electrons. The number of nitrogens with zero attached hydrogens (tertiary/aromatic N) is 1. The van der Waals surface area contributed by atoms with E-state index in [1.54, 1.807) is 24.3 Å². The summed E-state index contributed by atoms with van der Waals surface area (Å²) in [6.07, 6.45) is 3.29. The number of likely N-dealkylation sites (tertiary alicyclic amines) is 1. The van der Waals surface area contributed by atoms with Crippen LogP contribution in [0.5, 0.6) is 0 Å². The molecule has 1 fully saturated rings. The molecule has 0 saturated carbocycles. The first-order valence-electron chi connectivity index (χ1n) is 6.08. The fraction of sp³-hybridized carbons (Fsp3) is 0.462. The van der Waals surface area contributed by atoms with Crippen LogP contribution < -0.4 is 0 Å². The van der Waals surface area contributed by atoms with E-state index < -0.39 is 10.8 Å². The second-order valence-corrected chi connectivity index (χ2v) is 6.27. The van der Waals surface area contributed by atoms with Crippen LogP contribution in [-0.4, -0.2) is 33.9 Å². The van der Waals surface area contributed by atoms with Gasteiger partial charge in [-0.25, -0.2) is 0 Å². The number of rotatable bonds is 3. The fourth-order valence-electron chi connectivity index (χ4n) is 2.02. The molecule has 18 heavy (non-hydrogen) atoms. The summed E-state index contributed by atoms with van der Waals surface area (Å²) in [7, 11) is -1.27. The van der Waals surface area contributed by atoms with Crippen LogP contribution in [0.2, 0.25) is 5.02 Å². The first kappa shape index (κ1) is 13.6. The third-order valence-corrected chi connectivity index (χ3v) is 4.60. The van der Waals surface area contributed by atoms with Crippen LogP contribution >= 0.6 is 11.6 Å². The Morgan fingerprint density at radius 1 is 1.17 bits per heavy atom. The predicted octanol–water partition coefficient (Wildman–Crippen LogP) is 2.46. The molecule has 0 aliphatic carbocycles. The van der Waals surface area contributed by atoms with Crippen LogP contribution in [0.15, 0.2) is 29.2 Å². The van der Waals surface area contributed by atoms with E-state index in [2.05, 4.69) is 0 Å².